The highest BCUT2D eigenvalue weighted by atomic mass is 32.2. The van der Waals surface area contributed by atoms with Crippen molar-refractivity contribution in [2.24, 2.45) is 5.92 Å². The molecule has 2 rings (SSSR count). The van der Waals surface area contributed by atoms with E-state index >= 15 is 0 Å². The standard InChI is InChI=1S/C12H20N2O4S3/c1-9-5-12(19-11(9)7-13-2)21(17,18)14-6-10-3-4-20(15,16)8-10/h5,10,13-14H,3-4,6-8H2,1-2H3. The second-order valence-electron chi connectivity index (χ2n) is 5.32. The van der Waals surface area contributed by atoms with Crippen LogP contribution in [-0.2, 0) is 26.4 Å². The fourth-order valence-corrected chi connectivity index (χ4v) is 6.91. The van der Waals surface area contributed by atoms with E-state index in [2.05, 4.69) is 10.0 Å². The first-order valence-corrected chi connectivity index (χ1v) is 10.8. The molecule has 2 heterocycles. The molecule has 21 heavy (non-hydrogen) atoms. The molecule has 1 aromatic heterocycles. The third-order valence-corrected chi connectivity index (χ3v) is 8.46. The van der Waals surface area contributed by atoms with Crippen molar-refractivity contribution in [3.8, 4) is 0 Å². The number of thiophene rings is 1. The molecule has 1 atom stereocenters. The molecule has 1 fully saturated rings. The van der Waals surface area contributed by atoms with Gasteiger partial charge >= 0.3 is 0 Å². The molecule has 9 heteroatoms. The van der Waals surface area contributed by atoms with Gasteiger partial charge in [0.25, 0.3) is 0 Å². The highest BCUT2D eigenvalue weighted by Crippen LogP contribution is 2.26. The molecule has 1 unspecified atom stereocenters. The average Bonchev–Trinajstić information content (AvgIpc) is 2.92. The number of sulfonamides is 1. The minimum Gasteiger partial charge on any atom is -0.315 e. The van der Waals surface area contributed by atoms with Gasteiger partial charge in [-0.25, -0.2) is 21.6 Å². The van der Waals surface area contributed by atoms with E-state index in [4.69, 9.17) is 0 Å². The molecule has 0 amide bonds. The van der Waals surface area contributed by atoms with Crippen molar-refractivity contribution in [3.05, 3.63) is 16.5 Å². The van der Waals surface area contributed by atoms with E-state index < -0.39 is 19.9 Å². The molecule has 0 bridgehead atoms. The normalized spacial score (nSPS) is 21.7. The van der Waals surface area contributed by atoms with E-state index in [1.54, 1.807) is 6.07 Å². The van der Waals surface area contributed by atoms with E-state index in [-0.39, 0.29) is 28.2 Å². The third-order valence-electron chi connectivity index (χ3n) is 3.49. The predicted molar refractivity (Wildman–Crippen MR) is 83.8 cm³/mol. The highest BCUT2D eigenvalue weighted by molar-refractivity contribution is 7.92. The quantitative estimate of drug-likeness (QED) is 0.777. The monoisotopic (exact) mass is 352 g/mol. The lowest BCUT2D eigenvalue weighted by atomic mass is 10.1. The Morgan fingerprint density at radius 2 is 2.14 bits per heavy atom. The summed E-state index contributed by atoms with van der Waals surface area (Å²) in [6.45, 7) is 2.69. The molecule has 0 aliphatic carbocycles. The fourth-order valence-electron chi connectivity index (χ4n) is 2.29. The Morgan fingerprint density at radius 1 is 1.43 bits per heavy atom. The zero-order valence-electron chi connectivity index (χ0n) is 12.0. The van der Waals surface area contributed by atoms with Crippen LogP contribution in [0.3, 0.4) is 0 Å². The Labute approximate surface area is 129 Å². The van der Waals surface area contributed by atoms with Crippen molar-refractivity contribution in [3.63, 3.8) is 0 Å². The minimum atomic E-state index is -3.56. The molecule has 1 saturated heterocycles. The van der Waals surface area contributed by atoms with Gasteiger partial charge < -0.3 is 5.32 Å². The topological polar surface area (TPSA) is 92.3 Å². The van der Waals surface area contributed by atoms with Gasteiger partial charge in [-0.05, 0) is 37.9 Å². The summed E-state index contributed by atoms with van der Waals surface area (Å²) in [5, 5.41) is 3.00. The summed E-state index contributed by atoms with van der Waals surface area (Å²) in [5.41, 5.74) is 0.943. The first-order valence-electron chi connectivity index (χ1n) is 6.67. The summed E-state index contributed by atoms with van der Waals surface area (Å²) in [5.74, 6) is 0.107. The summed E-state index contributed by atoms with van der Waals surface area (Å²) < 4.78 is 50.1. The van der Waals surface area contributed by atoms with Crippen LogP contribution < -0.4 is 10.0 Å². The average molecular weight is 353 g/mol. The summed E-state index contributed by atoms with van der Waals surface area (Å²) >= 11 is 1.24. The summed E-state index contributed by atoms with van der Waals surface area (Å²) in [6, 6.07) is 1.66. The number of rotatable bonds is 6. The van der Waals surface area contributed by atoms with Crippen LogP contribution in [0.5, 0.6) is 0 Å². The Balaban J connectivity index is 2.03. The van der Waals surface area contributed by atoms with E-state index in [1.807, 2.05) is 14.0 Å². The molecule has 1 aromatic rings. The first-order chi connectivity index (χ1) is 9.73. The second kappa shape index (κ2) is 6.33. The maximum Gasteiger partial charge on any atom is 0.250 e. The summed E-state index contributed by atoms with van der Waals surface area (Å²) in [4.78, 5) is 0.987. The van der Waals surface area contributed by atoms with Crippen LogP contribution in [0.15, 0.2) is 10.3 Å². The molecule has 120 valence electrons. The smallest absolute Gasteiger partial charge is 0.250 e. The third kappa shape index (κ3) is 4.26. The lowest BCUT2D eigenvalue weighted by molar-refractivity contribution is 0.544. The molecule has 0 spiro atoms. The maximum absolute atomic E-state index is 12.2. The van der Waals surface area contributed by atoms with Gasteiger partial charge in [-0.1, -0.05) is 0 Å². The van der Waals surface area contributed by atoms with E-state index in [1.165, 1.54) is 11.3 Å². The lowest BCUT2D eigenvalue weighted by Crippen LogP contribution is -2.29. The van der Waals surface area contributed by atoms with Gasteiger partial charge in [-0.2, -0.15) is 0 Å². The van der Waals surface area contributed by atoms with Crippen molar-refractivity contribution < 1.29 is 16.8 Å². The molecular weight excluding hydrogens is 332 g/mol. The SMILES string of the molecule is CNCc1sc(S(=O)(=O)NCC2CCS(=O)(=O)C2)cc1C. The van der Waals surface area contributed by atoms with Crippen LogP contribution in [0.4, 0.5) is 0 Å². The van der Waals surface area contributed by atoms with Crippen molar-refractivity contribution in [1.29, 1.82) is 0 Å². The zero-order valence-corrected chi connectivity index (χ0v) is 14.5. The minimum absolute atomic E-state index is 0.0734. The molecular formula is C12H20N2O4S3. The molecule has 0 aromatic carbocycles. The van der Waals surface area contributed by atoms with Crippen molar-refractivity contribution >= 4 is 31.2 Å². The molecule has 0 saturated carbocycles. The van der Waals surface area contributed by atoms with E-state index in [9.17, 15) is 16.8 Å². The number of sulfone groups is 1. The lowest BCUT2D eigenvalue weighted by Gasteiger charge is -2.09. The van der Waals surface area contributed by atoms with Crippen molar-refractivity contribution in [2.75, 3.05) is 25.1 Å². The highest BCUT2D eigenvalue weighted by Gasteiger charge is 2.29. The van der Waals surface area contributed by atoms with Crippen molar-refractivity contribution in [1.82, 2.24) is 10.0 Å². The van der Waals surface area contributed by atoms with Gasteiger partial charge in [-0.3, -0.25) is 0 Å². The van der Waals surface area contributed by atoms with Gasteiger partial charge in [0, 0.05) is 18.0 Å². The van der Waals surface area contributed by atoms with Gasteiger partial charge in [-0.15, -0.1) is 11.3 Å². The maximum atomic E-state index is 12.2. The number of hydrogen-bond acceptors (Lipinski definition) is 6. The second-order valence-corrected chi connectivity index (χ2v) is 10.7. The van der Waals surface area contributed by atoms with Gasteiger partial charge in [0.2, 0.25) is 10.0 Å². The van der Waals surface area contributed by atoms with Crippen LogP contribution in [0.25, 0.3) is 0 Å². The van der Waals surface area contributed by atoms with Gasteiger partial charge in [0.05, 0.1) is 11.5 Å². The van der Waals surface area contributed by atoms with E-state index in [0.717, 1.165) is 10.4 Å². The summed E-state index contributed by atoms with van der Waals surface area (Å²) in [7, 11) is -4.73. The molecule has 2 N–H and O–H groups in total. The Hall–Kier alpha value is -0.480. The summed E-state index contributed by atoms with van der Waals surface area (Å²) in [6.07, 6.45) is 0.527. The predicted octanol–water partition coefficient (Wildman–Crippen LogP) is 0.489. The van der Waals surface area contributed by atoms with Crippen molar-refractivity contribution in [2.45, 2.75) is 24.1 Å². The number of hydrogen-bond donors (Lipinski definition) is 2. The Kier molecular flexibility index (Phi) is 5.09. The van der Waals surface area contributed by atoms with Gasteiger partial charge in [0.15, 0.2) is 9.84 Å². The fraction of sp³-hybridized carbons (Fsp3) is 0.667. The van der Waals surface area contributed by atoms with E-state index in [0.29, 0.717) is 13.0 Å². The molecule has 1 aliphatic rings. The van der Waals surface area contributed by atoms with Crippen LogP contribution in [0.2, 0.25) is 0 Å². The van der Waals surface area contributed by atoms with Gasteiger partial charge in [0.1, 0.15) is 4.21 Å². The molecule has 0 radical (unpaired) electrons. The Bertz CT molecular complexity index is 707. The zero-order chi connectivity index (χ0) is 15.7. The Morgan fingerprint density at radius 3 is 2.71 bits per heavy atom. The molecule has 1 aliphatic heterocycles. The first kappa shape index (κ1) is 16.9. The van der Waals surface area contributed by atoms with Crippen LogP contribution in [0, 0.1) is 12.8 Å². The van der Waals surface area contributed by atoms with Crippen LogP contribution >= 0.6 is 11.3 Å². The van der Waals surface area contributed by atoms with Crippen LogP contribution in [0.1, 0.15) is 16.9 Å². The number of nitrogens with one attached hydrogen (secondary N) is 2. The molecule has 6 nitrogen and oxygen atoms in total. The largest absolute Gasteiger partial charge is 0.315 e. The van der Waals surface area contributed by atoms with Crippen LogP contribution in [-0.4, -0.2) is 41.9 Å². The number of aryl methyl sites for hydroxylation is 1.